The third kappa shape index (κ3) is 3.29. The molecule has 4 rings (SSSR count). The number of amides is 1. The number of thiazole rings is 1. The van der Waals surface area contributed by atoms with Gasteiger partial charge in [0.25, 0.3) is 0 Å². The van der Waals surface area contributed by atoms with Crippen molar-refractivity contribution in [3.05, 3.63) is 47.4 Å². The molecule has 0 aliphatic carbocycles. The summed E-state index contributed by atoms with van der Waals surface area (Å²) < 4.78 is 15.1. The Morgan fingerprint density at radius 1 is 1.20 bits per heavy atom. The summed E-state index contributed by atoms with van der Waals surface area (Å²) in [6.45, 7) is 3.41. The van der Waals surface area contributed by atoms with Gasteiger partial charge in [0.2, 0.25) is 5.91 Å². The summed E-state index contributed by atoms with van der Waals surface area (Å²) in [5.41, 5.74) is 2.61. The van der Waals surface area contributed by atoms with Crippen LogP contribution in [0.3, 0.4) is 0 Å². The molecule has 7 heteroatoms. The smallest absolute Gasteiger partial charge is 0.228 e. The van der Waals surface area contributed by atoms with E-state index in [1.165, 1.54) is 23.5 Å². The molecule has 1 amide bonds. The number of carbonyl (C=O) groups excluding carboxylic acids is 1. The number of aromatic nitrogens is 2. The van der Waals surface area contributed by atoms with Gasteiger partial charge in [0.15, 0.2) is 4.96 Å². The summed E-state index contributed by atoms with van der Waals surface area (Å²) in [7, 11) is 2.08. The minimum atomic E-state index is -0.261. The van der Waals surface area contributed by atoms with Gasteiger partial charge in [-0.05, 0) is 31.3 Å². The van der Waals surface area contributed by atoms with Gasteiger partial charge < -0.3 is 9.80 Å². The van der Waals surface area contributed by atoms with Crippen molar-refractivity contribution >= 4 is 22.2 Å². The lowest BCUT2D eigenvalue weighted by Crippen LogP contribution is -2.47. The van der Waals surface area contributed by atoms with Gasteiger partial charge in [-0.3, -0.25) is 9.20 Å². The van der Waals surface area contributed by atoms with Crippen LogP contribution in [-0.4, -0.2) is 58.3 Å². The van der Waals surface area contributed by atoms with E-state index in [4.69, 9.17) is 0 Å². The normalized spacial score (nSPS) is 15.8. The second kappa shape index (κ2) is 6.57. The number of benzene rings is 1. The van der Waals surface area contributed by atoms with E-state index < -0.39 is 0 Å². The monoisotopic (exact) mass is 358 g/mol. The van der Waals surface area contributed by atoms with Crippen LogP contribution in [0.5, 0.6) is 0 Å². The summed E-state index contributed by atoms with van der Waals surface area (Å²) in [4.78, 5) is 22.2. The number of likely N-dealkylation sites (N-methyl/N-ethyl adjacent to an activating group) is 1. The molecule has 0 bridgehead atoms. The average molecular weight is 358 g/mol. The first-order valence-corrected chi connectivity index (χ1v) is 9.16. The predicted molar refractivity (Wildman–Crippen MR) is 96.2 cm³/mol. The second-order valence-electron chi connectivity index (χ2n) is 6.37. The number of halogens is 1. The number of nitrogens with zero attached hydrogens (tertiary/aromatic N) is 4. The largest absolute Gasteiger partial charge is 0.340 e. The summed E-state index contributed by atoms with van der Waals surface area (Å²) in [6, 6.07) is 6.30. The zero-order chi connectivity index (χ0) is 17.4. The van der Waals surface area contributed by atoms with Gasteiger partial charge in [-0.15, -0.1) is 11.3 Å². The fourth-order valence-corrected chi connectivity index (χ4v) is 3.91. The highest BCUT2D eigenvalue weighted by atomic mass is 32.1. The van der Waals surface area contributed by atoms with Crippen molar-refractivity contribution in [2.24, 2.45) is 0 Å². The number of hydrogen-bond acceptors (Lipinski definition) is 4. The maximum atomic E-state index is 13.1. The van der Waals surface area contributed by atoms with Crippen molar-refractivity contribution in [2.45, 2.75) is 6.42 Å². The Bertz CT molecular complexity index is 894. The first-order valence-electron chi connectivity index (χ1n) is 8.28. The molecule has 1 aliphatic rings. The standard InChI is InChI=1S/C18H19FN4OS/c1-21-6-8-22(9-7-21)17(24)10-15-12-25-18-20-16(11-23(15)18)13-2-4-14(19)5-3-13/h2-5,11-12H,6-10H2,1H3. The molecule has 0 saturated carbocycles. The van der Waals surface area contributed by atoms with Gasteiger partial charge >= 0.3 is 0 Å². The molecule has 5 nitrogen and oxygen atoms in total. The number of piperazine rings is 1. The highest BCUT2D eigenvalue weighted by Gasteiger charge is 2.20. The Morgan fingerprint density at radius 2 is 1.92 bits per heavy atom. The molecule has 130 valence electrons. The molecule has 0 atom stereocenters. The second-order valence-corrected chi connectivity index (χ2v) is 7.21. The molecule has 3 aromatic rings. The van der Waals surface area contributed by atoms with Crippen molar-refractivity contribution in [3.63, 3.8) is 0 Å². The van der Waals surface area contributed by atoms with Crippen molar-refractivity contribution in [3.8, 4) is 11.3 Å². The first-order chi connectivity index (χ1) is 12.1. The minimum Gasteiger partial charge on any atom is -0.340 e. The third-order valence-corrected chi connectivity index (χ3v) is 5.50. The molecule has 1 saturated heterocycles. The molecule has 1 fully saturated rings. The fourth-order valence-electron chi connectivity index (χ4n) is 3.04. The van der Waals surface area contributed by atoms with E-state index in [1.807, 2.05) is 20.9 Å². The molecule has 0 unspecified atom stereocenters. The lowest BCUT2D eigenvalue weighted by molar-refractivity contribution is -0.132. The van der Waals surface area contributed by atoms with Gasteiger partial charge in [-0.2, -0.15) is 0 Å². The van der Waals surface area contributed by atoms with Crippen LogP contribution in [0, 0.1) is 5.82 Å². The molecule has 3 heterocycles. The summed E-state index contributed by atoms with van der Waals surface area (Å²) >= 11 is 1.52. The van der Waals surface area contributed by atoms with Crippen molar-refractivity contribution < 1.29 is 9.18 Å². The molecule has 25 heavy (non-hydrogen) atoms. The minimum absolute atomic E-state index is 0.157. The number of rotatable bonds is 3. The summed E-state index contributed by atoms with van der Waals surface area (Å²) in [6.07, 6.45) is 2.30. The van der Waals surface area contributed by atoms with Gasteiger partial charge in [-0.25, -0.2) is 9.37 Å². The van der Waals surface area contributed by atoms with E-state index in [2.05, 4.69) is 16.9 Å². The van der Waals surface area contributed by atoms with Crippen LogP contribution in [0.25, 0.3) is 16.2 Å². The van der Waals surface area contributed by atoms with Crippen molar-refractivity contribution in [1.82, 2.24) is 19.2 Å². The maximum absolute atomic E-state index is 13.1. The molecule has 1 aliphatic heterocycles. The fraction of sp³-hybridized carbons (Fsp3) is 0.333. The Kier molecular flexibility index (Phi) is 4.27. The van der Waals surface area contributed by atoms with E-state index in [0.717, 1.165) is 48.1 Å². The van der Waals surface area contributed by atoms with Crippen molar-refractivity contribution in [2.75, 3.05) is 33.2 Å². The number of carbonyl (C=O) groups is 1. The number of fused-ring (bicyclic) bond motifs is 1. The molecule has 2 aromatic heterocycles. The Balaban J connectivity index is 1.54. The maximum Gasteiger partial charge on any atom is 0.228 e. The summed E-state index contributed by atoms with van der Waals surface area (Å²) in [5, 5.41) is 1.99. The van der Waals surface area contributed by atoms with Gasteiger partial charge in [0, 0.05) is 49.0 Å². The summed E-state index contributed by atoms with van der Waals surface area (Å²) in [5.74, 6) is -0.104. The Labute approximate surface area is 149 Å². The van der Waals surface area contributed by atoms with Gasteiger partial charge in [-0.1, -0.05) is 0 Å². The lowest BCUT2D eigenvalue weighted by atomic mass is 10.2. The van der Waals surface area contributed by atoms with Crippen LogP contribution >= 0.6 is 11.3 Å². The highest BCUT2D eigenvalue weighted by molar-refractivity contribution is 7.15. The third-order valence-electron chi connectivity index (χ3n) is 4.61. The topological polar surface area (TPSA) is 40.8 Å². The first kappa shape index (κ1) is 16.2. The van der Waals surface area contributed by atoms with Crippen molar-refractivity contribution in [1.29, 1.82) is 0 Å². The predicted octanol–water partition coefficient (Wildman–Crippen LogP) is 2.52. The SMILES string of the molecule is CN1CCN(C(=O)Cc2csc3nc(-c4ccc(F)cc4)cn23)CC1. The molecular weight excluding hydrogens is 339 g/mol. The zero-order valence-corrected chi connectivity index (χ0v) is 14.8. The van der Waals surface area contributed by atoms with Crippen LogP contribution in [-0.2, 0) is 11.2 Å². The number of hydrogen-bond donors (Lipinski definition) is 0. The van der Waals surface area contributed by atoms with E-state index in [1.54, 1.807) is 12.1 Å². The van der Waals surface area contributed by atoms with E-state index in [-0.39, 0.29) is 11.7 Å². The quantitative estimate of drug-likeness (QED) is 0.722. The van der Waals surface area contributed by atoms with Crippen LogP contribution in [0.1, 0.15) is 5.69 Å². The van der Waals surface area contributed by atoms with Crippen LogP contribution < -0.4 is 0 Å². The molecular formula is C18H19FN4OS. The molecule has 0 spiro atoms. The van der Waals surface area contributed by atoms with Crippen LogP contribution in [0.15, 0.2) is 35.8 Å². The Morgan fingerprint density at radius 3 is 2.64 bits per heavy atom. The Hall–Kier alpha value is -2.25. The number of imidazole rings is 1. The molecule has 1 aromatic carbocycles. The zero-order valence-electron chi connectivity index (χ0n) is 14.0. The molecule has 0 N–H and O–H groups in total. The van der Waals surface area contributed by atoms with Crippen LogP contribution in [0.2, 0.25) is 0 Å². The molecule has 0 radical (unpaired) electrons. The van der Waals surface area contributed by atoms with E-state index in [0.29, 0.717) is 6.42 Å². The van der Waals surface area contributed by atoms with Crippen LogP contribution in [0.4, 0.5) is 4.39 Å². The lowest BCUT2D eigenvalue weighted by Gasteiger charge is -2.32. The van der Waals surface area contributed by atoms with E-state index >= 15 is 0 Å². The average Bonchev–Trinajstić information content (AvgIpc) is 3.18. The van der Waals surface area contributed by atoms with Gasteiger partial charge in [0.1, 0.15) is 5.82 Å². The highest BCUT2D eigenvalue weighted by Crippen LogP contribution is 2.24. The van der Waals surface area contributed by atoms with E-state index in [9.17, 15) is 9.18 Å². The van der Waals surface area contributed by atoms with Gasteiger partial charge in [0.05, 0.1) is 12.1 Å².